The summed E-state index contributed by atoms with van der Waals surface area (Å²) >= 11 is 1.94. The molecular formula is C23H29N3OS. The van der Waals surface area contributed by atoms with Crippen molar-refractivity contribution in [3.05, 3.63) is 52.8 Å². The van der Waals surface area contributed by atoms with Crippen LogP contribution in [0.3, 0.4) is 0 Å². The second kappa shape index (κ2) is 9.10. The minimum atomic E-state index is 0.0183. The van der Waals surface area contributed by atoms with Gasteiger partial charge in [0.25, 0.3) is 5.91 Å². The molecule has 0 atom stereocenters. The fourth-order valence-corrected chi connectivity index (χ4v) is 4.97. The van der Waals surface area contributed by atoms with Crippen LogP contribution in [-0.4, -0.2) is 23.2 Å². The zero-order valence-corrected chi connectivity index (χ0v) is 17.5. The molecule has 0 bridgehead atoms. The van der Waals surface area contributed by atoms with Crippen LogP contribution in [0.4, 0.5) is 5.69 Å². The van der Waals surface area contributed by atoms with Crippen molar-refractivity contribution in [2.75, 3.05) is 17.2 Å². The third kappa shape index (κ3) is 4.26. The molecule has 2 aliphatic heterocycles. The molecule has 1 amide bonds. The first-order chi connectivity index (χ1) is 13.8. The molecule has 2 aliphatic rings. The number of carbonyl (C=O) groups is 1. The predicted molar refractivity (Wildman–Crippen MR) is 116 cm³/mol. The molecule has 1 N–H and O–H groups in total. The van der Waals surface area contributed by atoms with Gasteiger partial charge in [-0.1, -0.05) is 38.7 Å². The first-order valence-electron chi connectivity index (χ1n) is 10.5. The van der Waals surface area contributed by atoms with Crippen molar-refractivity contribution in [3.63, 3.8) is 0 Å². The number of thioether (sulfide) groups is 1. The van der Waals surface area contributed by atoms with Gasteiger partial charge in [0.15, 0.2) is 0 Å². The van der Waals surface area contributed by atoms with Crippen LogP contribution in [0.15, 0.2) is 35.2 Å². The fourth-order valence-electron chi connectivity index (χ4n) is 3.99. The quantitative estimate of drug-likeness (QED) is 0.507. The molecule has 0 saturated carbocycles. The minimum Gasteiger partial charge on any atom is -0.307 e. The van der Waals surface area contributed by atoms with Crippen molar-refractivity contribution < 1.29 is 4.79 Å². The van der Waals surface area contributed by atoms with E-state index in [9.17, 15) is 4.79 Å². The first kappa shape index (κ1) is 19.5. The number of nitrogens with zero attached hydrogens (tertiary/aromatic N) is 2. The van der Waals surface area contributed by atoms with Crippen molar-refractivity contribution in [1.82, 2.24) is 10.3 Å². The monoisotopic (exact) mass is 395 g/mol. The van der Waals surface area contributed by atoms with Crippen LogP contribution in [0.5, 0.6) is 0 Å². The highest BCUT2D eigenvalue weighted by Crippen LogP contribution is 2.33. The highest BCUT2D eigenvalue weighted by molar-refractivity contribution is 7.99. The normalized spacial score (nSPS) is 15.0. The smallest absolute Gasteiger partial charge is 0.276 e. The molecule has 5 heteroatoms. The van der Waals surface area contributed by atoms with E-state index in [1.165, 1.54) is 53.9 Å². The molecule has 4 rings (SSSR count). The molecule has 4 nitrogen and oxygen atoms in total. The summed E-state index contributed by atoms with van der Waals surface area (Å²) in [5, 5.41) is 3.29. The Morgan fingerprint density at radius 3 is 2.89 bits per heavy atom. The number of unbranched alkanes of at least 4 members (excludes halogenated alkanes) is 4. The molecule has 148 valence electrons. The molecule has 28 heavy (non-hydrogen) atoms. The Balaban J connectivity index is 1.38. The molecule has 2 aromatic rings. The van der Waals surface area contributed by atoms with Gasteiger partial charge in [0.1, 0.15) is 5.69 Å². The van der Waals surface area contributed by atoms with Crippen molar-refractivity contribution in [2.45, 2.75) is 63.4 Å². The zero-order valence-electron chi connectivity index (χ0n) is 16.7. The summed E-state index contributed by atoms with van der Waals surface area (Å²) in [5.41, 5.74) is 5.11. The first-order valence-corrected chi connectivity index (χ1v) is 11.5. The lowest BCUT2D eigenvalue weighted by Gasteiger charge is -2.17. The number of amides is 1. The van der Waals surface area contributed by atoms with Gasteiger partial charge in [-0.3, -0.25) is 4.79 Å². The Bertz CT molecular complexity index is 852. The van der Waals surface area contributed by atoms with Gasteiger partial charge in [0.2, 0.25) is 0 Å². The number of aromatic nitrogens is 1. The lowest BCUT2D eigenvalue weighted by atomic mass is 10.1. The van der Waals surface area contributed by atoms with E-state index in [1.54, 1.807) is 0 Å². The van der Waals surface area contributed by atoms with Crippen LogP contribution < -0.4 is 10.2 Å². The molecule has 0 saturated heterocycles. The summed E-state index contributed by atoms with van der Waals surface area (Å²) in [4.78, 5) is 20.8. The third-order valence-corrected chi connectivity index (χ3v) is 6.68. The molecule has 1 aromatic carbocycles. The number of benzene rings is 1. The lowest BCUT2D eigenvalue weighted by Crippen LogP contribution is -2.29. The Morgan fingerprint density at radius 2 is 2.00 bits per heavy atom. The number of carbonyl (C=O) groups excluding carboxylic acids is 1. The second-order valence-corrected chi connectivity index (χ2v) is 8.83. The van der Waals surface area contributed by atoms with Crippen molar-refractivity contribution in [2.24, 2.45) is 0 Å². The third-order valence-electron chi connectivity index (χ3n) is 5.60. The lowest BCUT2D eigenvalue weighted by molar-refractivity contribution is 0.0984. The number of anilines is 1. The molecule has 0 fully saturated rings. The standard InChI is InChI=1S/C23H29N3OS/c1-2-3-4-5-6-13-28-19-8-10-22-17(14-19)11-12-26(22)23(27)20-9-7-18-15-24-16-21(18)25-20/h7-10,14,24H,2-6,11-13,15-16H2,1H3. The molecule has 3 heterocycles. The van der Waals surface area contributed by atoms with E-state index in [2.05, 4.69) is 35.4 Å². The van der Waals surface area contributed by atoms with E-state index < -0.39 is 0 Å². The molecule has 0 spiro atoms. The average Bonchev–Trinajstić information content (AvgIpc) is 3.35. The van der Waals surface area contributed by atoms with E-state index in [0.29, 0.717) is 5.69 Å². The fraction of sp³-hybridized carbons (Fsp3) is 0.478. The van der Waals surface area contributed by atoms with Crippen LogP contribution in [0, 0.1) is 0 Å². The Hall–Kier alpha value is -1.85. The van der Waals surface area contributed by atoms with Gasteiger partial charge < -0.3 is 10.2 Å². The second-order valence-electron chi connectivity index (χ2n) is 7.67. The number of nitrogens with one attached hydrogen (secondary N) is 1. The van der Waals surface area contributed by atoms with Crippen LogP contribution in [0.1, 0.15) is 66.3 Å². The highest BCUT2D eigenvalue weighted by atomic mass is 32.2. The maximum absolute atomic E-state index is 13.0. The maximum atomic E-state index is 13.0. The van der Waals surface area contributed by atoms with Gasteiger partial charge in [0.05, 0.1) is 5.69 Å². The predicted octanol–water partition coefficient (Wildman–Crippen LogP) is 4.95. The molecule has 1 aromatic heterocycles. The number of fused-ring (bicyclic) bond motifs is 2. The van der Waals surface area contributed by atoms with Crippen LogP contribution in [0.25, 0.3) is 0 Å². The molecule has 0 unspecified atom stereocenters. The average molecular weight is 396 g/mol. The largest absolute Gasteiger partial charge is 0.307 e. The Labute approximate surface area is 172 Å². The van der Waals surface area contributed by atoms with Crippen molar-refractivity contribution in [3.8, 4) is 0 Å². The number of hydrogen-bond donors (Lipinski definition) is 1. The van der Waals surface area contributed by atoms with Gasteiger partial charge in [-0.25, -0.2) is 4.98 Å². The number of pyridine rings is 1. The topological polar surface area (TPSA) is 45.2 Å². The van der Waals surface area contributed by atoms with Crippen LogP contribution in [0.2, 0.25) is 0 Å². The van der Waals surface area contributed by atoms with Gasteiger partial charge in [-0.15, -0.1) is 11.8 Å². The Morgan fingerprint density at radius 1 is 1.11 bits per heavy atom. The zero-order chi connectivity index (χ0) is 19.3. The van der Waals surface area contributed by atoms with Gasteiger partial charge in [-0.2, -0.15) is 0 Å². The van der Waals surface area contributed by atoms with Crippen LogP contribution in [-0.2, 0) is 19.5 Å². The van der Waals surface area contributed by atoms with Gasteiger partial charge >= 0.3 is 0 Å². The molecule has 0 radical (unpaired) electrons. The summed E-state index contributed by atoms with van der Waals surface area (Å²) in [7, 11) is 0. The summed E-state index contributed by atoms with van der Waals surface area (Å²) in [5.74, 6) is 1.20. The number of rotatable bonds is 8. The van der Waals surface area contributed by atoms with Gasteiger partial charge in [-0.05, 0) is 54.0 Å². The SMILES string of the molecule is CCCCCCCSc1ccc2c(c1)CCN2C(=O)c1ccc2c(n1)CNC2. The molecule has 0 aliphatic carbocycles. The van der Waals surface area contributed by atoms with Crippen molar-refractivity contribution >= 4 is 23.4 Å². The molecular weight excluding hydrogens is 366 g/mol. The minimum absolute atomic E-state index is 0.0183. The van der Waals surface area contributed by atoms with E-state index >= 15 is 0 Å². The highest BCUT2D eigenvalue weighted by Gasteiger charge is 2.27. The summed E-state index contributed by atoms with van der Waals surface area (Å²) < 4.78 is 0. The summed E-state index contributed by atoms with van der Waals surface area (Å²) in [6.45, 7) is 4.61. The van der Waals surface area contributed by atoms with Gasteiger partial charge in [0, 0.05) is 30.2 Å². The van der Waals surface area contributed by atoms with E-state index in [4.69, 9.17) is 0 Å². The van der Waals surface area contributed by atoms with E-state index in [-0.39, 0.29) is 5.91 Å². The maximum Gasteiger partial charge on any atom is 0.276 e. The number of hydrogen-bond acceptors (Lipinski definition) is 4. The van der Waals surface area contributed by atoms with Crippen LogP contribution >= 0.6 is 11.8 Å². The summed E-state index contributed by atoms with van der Waals surface area (Å²) in [6, 6.07) is 10.5. The van der Waals surface area contributed by atoms with E-state index in [0.717, 1.165) is 37.4 Å². The van der Waals surface area contributed by atoms with Crippen molar-refractivity contribution in [1.29, 1.82) is 0 Å². The van der Waals surface area contributed by atoms with E-state index in [1.807, 2.05) is 28.8 Å². The Kier molecular flexibility index (Phi) is 6.33. The summed E-state index contributed by atoms with van der Waals surface area (Å²) in [6.07, 6.45) is 7.54.